The van der Waals surface area contributed by atoms with E-state index >= 15 is 0 Å². The third kappa shape index (κ3) is 5.07. The first kappa shape index (κ1) is 19.4. The Hall–Kier alpha value is -3.41. The van der Waals surface area contributed by atoms with Crippen molar-refractivity contribution in [3.63, 3.8) is 0 Å². The highest BCUT2D eigenvalue weighted by atomic mass is 16.5. The van der Waals surface area contributed by atoms with Gasteiger partial charge in [0.25, 0.3) is 5.91 Å². The molecule has 0 saturated carbocycles. The molecule has 1 heterocycles. The zero-order valence-corrected chi connectivity index (χ0v) is 16.3. The lowest BCUT2D eigenvalue weighted by Crippen LogP contribution is -2.24. The van der Waals surface area contributed by atoms with Crippen molar-refractivity contribution in [3.05, 3.63) is 77.7 Å². The maximum absolute atomic E-state index is 12.4. The molecule has 0 fully saturated rings. The first-order valence-electron chi connectivity index (χ1n) is 9.15. The number of amides is 1. The van der Waals surface area contributed by atoms with Crippen molar-refractivity contribution in [1.29, 1.82) is 0 Å². The number of hydrogen-bond donors (Lipinski definition) is 2. The van der Waals surface area contributed by atoms with Crippen molar-refractivity contribution in [3.8, 4) is 5.75 Å². The summed E-state index contributed by atoms with van der Waals surface area (Å²) in [7, 11) is 1.62. The van der Waals surface area contributed by atoms with E-state index in [0.717, 1.165) is 17.0 Å². The lowest BCUT2D eigenvalue weighted by atomic mass is 10.0. The predicted octanol–water partition coefficient (Wildman–Crippen LogP) is 4.28. The van der Waals surface area contributed by atoms with Gasteiger partial charge in [0, 0.05) is 18.3 Å². The second-order valence-corrected chi connectivity index (χ2v) is 6.72. The number of aromatic nitrogens is 2. The summed E-state index contributed by atoms with van der Waals surface area (Å²) >= 11 is 0. The molecule has 0 bridgehead atoms. The van der Waals surface area contributed by atoms with Crippen molar-refractivity contribution < 1.29 is 9.53 Å². The first-order valence-corrected chi connectivity index (χ1v) is 9.15. The number of methoxy groups -OCH3 is 1. The van der Waals surface area contributed by atoms with E-state index in [2.05, 4.69) is 46.6 Å². The summed E-state index contributed by atoms with van der Waals surface area (Å²) in [4.78, 5) is 20.7. The number of carbonyl (C=O) groups excluding carboxylic acids is 1. The molecule has 3 rings (SSSR count). The van der Waals surface area contributed by atoms with Gasteiger partial charge in [-0.1, -0.05) is 38.1 Å². The Morgan fingerprint density at radius 2 is 1.75 bits per heavy atom. The van der Waals surface area contributed by atoms with E-state index in [1.165, 1.54) is 11.9 Å². The second kappa shape index (κ2) is 8.99. The average Bonchev–Trinajstić information content (AvgIpc) is 2.73. The fourth-order valence-corrected chi connectivity index (χ4v) is 2.67. The minimum atomic E-state index is -0.253. The highest BCUT2D eigenvalue weighted by Crippen LogP contribution is 2.19. The van der Waals surface area contributed by atoms with Crippen LogP contribution in [0.25, 0.3) is 0 Å². The smallest absolute Gasteiger partial charge is 0.270 e. The molecule has 0 radical (unpaired) electrons. The number of hydrogen-bond acceptors (Lipinski definition) is 5. The van der Waals surface area contributed by atoms with Crippen LogP contribution in [0.3, 0.4) is 0 Å². The van der Waals surface area contributed by atoms with E-state index in [4.69, 9.17) is 4.74 Å². The lowest BCUT2D eigenvalue weighted by molar-refractivity contribution is 0.0946. The molecule has 0 spiro atoms. The molecule has 0 aliphatic carbocycles. The summed E-state index contributed by atoms with van der Waals surface area (Å²) in [6, 6.07) is 17.3. The molecule has 0 saturated heterocycles. The van der Waals surface area contributed by atoms with Crippen LogP contribution in [-0.4, -0.2) is 23.0 Å². The van der Waals surface area contributed by atoms with E-state index in [0.29, 0.717) is 24.0 Å². The third-order valence-electron chi connectivity index (χ3n) is 4.36. The Morgan fingerprint density at radius 1 is 1.04 bits per heavy atom. The monoisotopic (exact) mass is 376 g/mol. The fourth-order valence-electron chi connectivity index (χ4n) is 2.67. The first-order chi connectivity index (χ1) is 13.5. The number of nitrogens with one attached hydrogen (secondary N) is 2. The van der Waals surface area contributed by atoms with Gasteiger partial charge in [-0.15, -0.1) is 0 Å². The predicted molar refractivity (Wildman–Crippen MR) is 110 cm³/mol. The fraction of sp³-hybridized carbons (Fsp3) is 0.227. The van der Waals surface area contributed by atoms with E-state index in [1.807, 2.05) is 36.4 Å². The second-order valence-electron chi connectivity index (χ2n) is 6.72. The number of rotatable bonds is 7. The van der Waals surface area contributed by atoms with Gasteiger partial charge in [-0.3, -0.25) is 4.79 Å². The normalized spacial score (nSPS) is 10.6. The molecule has 3 aromatic rings. The van der Waals surface area contributed by atoms with Gasteiger partial charge in [-0.25, -0.2) is 9.97 Å². The highest BCUT2D eigenvalue weighted by Gasteiger charge is 2.09. The van der Waals surface area contributed by atoms with E-state index in [-0.39, 0.29) is 5.91 Å². The lowest BCUT2D eigenvalue weighted by Gasteiger charge is -2.10. The van der Waals surface area contributed by atoms with Crippen molar-refractivity contribution >= 4 is 17.4 Å². The Balaban J connectivity index is 1.62. The molecule has 144 valence electrons. The molecule has 2 N–H and O–H groups in total. The van der Waals surface area contributed by atoms with Crippen LogP contribution in [0.5, 0.6) is 5.75 Å². The minimum Gasteiger partial charge on any atom is -0.497 e. The van der Waals surface area contributed by atoms with Crippen LogP contribution in [-0.2, 0) is 6.54 Å². The van der Waals surface area contributed by atoms with Gasteiger partial charge in [0.1, 0.15) is 23.6 Å². The number of benzene rings is 2. The molecule has 0 aliphatic rings. The van der Waals surface area contributed by atoms with Crippen LogP contribution in [0.4, 0.5) is 11.5 Å². The van der Waals surface area contributed by atoms with E-state index in [1.54, 1.807) is 13.2 Å². The number of anilines is 2. The molecule has 1 aromatic heterocycles. The Labute approximate surface area is 165 Å². The molecule has 0 aliphatic heterocycles. The maximum Gasteiger partial charge on any atom is 0.270 e. The topological polar surface area (TPSA) is 76.1 Å². The molecular weight excluding hydrogens is 352 g/mol. The highest BCUT2D eigenvalue weighted by molar-refractivity contribution is 5.92. The Bertz CT molecular complexity index is 922. The summed E-state index contributed by atoms with van der Waals surface area (Å²) in [6.45, 7) is 4.72. The van der Waals surface area contributed by atoms with Crippen LogP contribution in [0.1, 0.15) is 41.4 Å². The van der Waals surface area contributed by atoms with E-state index < -0.39 is 0 Å². The maximum atomic E-state index is 12.4. The van der Waals surface area contributed by atoms with Crippen molar-refractivity contribution in [2.45, 2.75) is 26.3 Å². The van der Waals surface area contributed by atoms with E-state index in [9.17, 15) is 4.79 Å². The number of nitrogens with zero attached hydrogens (tertiary/aromatic N) is 2. The molecular formula is C22H24N4O2. The van der Waals surface area contributed by atoms with Gasteiger partial charge >= 0.3 is 0 Å². The van der Waals surface area contributed by atoms with Gasteiger partial charge in [-0.2, -0.15) is 0 Å². The number of ether oxygens (including phenoxy) is 1. The zero-order valence-electron chi connectivity index (χ0n) is 16.3. The van der Waals surface area contributed by atoms with Gasteiger partial charge in [-0.05, 0) is 41.3 Å². The van der Waals surface area contributed by atoms with Crippen molar-refractivity contribution in [2.75, 3.05) is 12.4 Å². The van der Waals surface area contributed by atoms with Crippen LogP contribution in [0, 0.1) is 0 Å². The van der Waals surface area contributed by atoms with Crippen LogP contribution in [0.2, 0.25) is 0 Å². The molecule has 0 unspecified atom stereocenters. The summed E-state index contributed by atoms with van der Waals surface area (Å²) in [5.74, 6) is 1.58. The van der Waals surface area contributed by atoms with Gasteiger partial charge in [0.05, 0.1) is 7.11 Å². The van der Waals surface area contributed by atoms with Crippen molar-refractivity contribution in [2.24, 2.45) is 0 Å². The van der Waals surface area contributed by atoms with Crippen molar-refractivity contribution in [1.82, 2.24) is 15.3 Å². The molecule has 28 heavy (non-hydrogen) atoms. The van der Waals surface area contributed by atoms with Gasteiger partial charge < -0.3 is 15.4 Å². The SMILES string of the molecule is COc1ccc(CNC(=O)c2cc(Nc3ccc(C(C)C)cc3)ncn2)cc1. The largest absolute Gasteiger partial charge is 0.497 e. The summed E-state index contributed by atoms with van der Waals surface area (Å²) in [5, 5.41) is 6.07. The Kier molecular flexibility index (Phi) is 6.22. The molecule has 6 nitrogen and oxygen atoms in total. The zero-order chi connectivity index (χ0) is 19.9. The van der Waals surface area contributed by atoms with Crippen LogP contribution >= 0.6 is 0 Å². The Morgan fingerprint density at radius 3 is 2.39 bits per heavy atom. The quantitative estimate of drug-likeness (QED) is 0.644. The standard InChI is InChI=1S/C22H24N4O2/c1-15(2)17-6-8-18(9-7-17)26-21-12-20(24-14-25-21)22(27)23-13-16-4-10-19(28-3)11-5-16/h4-12,14-15H,13H2,1-3H3,(H,23,27)(H,24,25,26). The van der Waals surface area contributed by atoms with Gasteiger partial charge in [0.15, 0.2) is 0 Å². The number of carbonyl (C=O) groups is 1. The summed E-state index contributed by atoms with van der Waals surface area (Å²) < 4.78 is 5.13. The minimum absolute atomic E-state index is 0.253. The summed E-state index contributed by atoms with van der Waals surface area (Å²) in [5.41, 5.74) is 3.47. The average molecular weight is 376 g/mol. The van der Waals surface area contributed by atoms with Crippen LogP contribution in [0.15, 0.2) is 60.9 Å². The molecule has 0 atom stereocenters. The third-order valence-corrected chi connectivity index (χ3v) is 4.36. The van der Waals surface area contributed by atoms with Gasteiger partial charge in [0.2, 0.25) is 0 Å². The molecule has 2 aromatic carbocycles. The summed E-state index contributed by atoms with van der Waals surface area (Å²) in [6.07, 6.45) is 1.38. The molecule has 6 heteroatoms. The van der Waals surface area contributed by atoms with Crippen LogP contribution < -0.4 is 15.4 Å². The molecule has 1 amide bonds.